The Kier molecular flexibility index (Phi) is 6.48. The van der Waals surface area contributed by atoms with Crippen LogP contribution in [-0.2, 0) is 4.79 Å². The molecule has 0 saturated heterocycles. The van der Waals surface area contributed by atoms with Gasteiger partial charge in [-0.05, 0) is 50.8 Å². The summed E-state index contributed by atoms with van der Waals surface area (Å²) in [6, 6.07) is 5.91. The molecule has 0 aliphatic carbocycles. The molecule has 2 nitrogen and oxygen atoms in total. The largest absolute Gasteiger partial charge is 0.300 e. The van der Waals surface area contributed by atoms with E-state index >= 15 is 0 Å². The predicted octanol–water partition coefficient (Wildman–Crippen LogP) is 4.42. The summed E-state index contributed by atoms with van der Waals surface area (Å²) in [5.74, 6) is 0.487. The Hall–Kier alpha value is -1.44. The molecule has 0 saturated carbocycles. The first-order chi connectivity index (χ1) is 9.00. The summed E-state index contributed by atoms with van der Waals surface area (Å²) in [5.41, 5.74) is 3.22. The van der Waals surface area contributed by atoms with Crippen LogP contribution in [0.2, 0.25) is 0 Å². The molecule has 0 fully saturated rings. The predicted molar refractivity (Wildman–Crippen MR) is 78.6 cm³/mol. The highest BCUT2D eigenvalue weighted by atomic mass is 16.1. The molecule has 104 valence electrons. The van der Waals surface area contributed by atoms with Gasteiger partial charge in [-0.3, -0.25) is 4.79 Å². The van der Waals surface area contributed by atoms with Crippen molar-refractivity contribution >= 4 is 11.6 Å². The lowest BCUT2D eigenvalue weighted by Gasteiger charge is -2.05. The van der Waals surface area contributed by atoms with Crippen LogP contribution >= 0.6 is 0 Å². The highest BCUT2D eigenvalue weighted by molar-refractivity contribution is 5.96. The average Bonchev–Trinajstić information content (AvgIpc) is 2.36. The van der Waals surface area contributed by atoms with Gasteiger partial charge in [0, 0.05) is 18.4 Å². The van der Waals surface area contributed by atoms with E-state index in [-0.39, 0.29) is 11.6 Å². The molecule has 0 unspecified atom stereocenters. The lowest BCUT2D eigenvalue weighted by Crippen LogP contribution is -2.00. The normalized spacial score (nSPS) is 10.5. The number of ketones is 2. The van der Waals surface area contributed by atoms with Gasteiger partial charge < -0.3 is 4.79 Å². The zero-order valence-corrected chi connectivity index (χ0v) is 12.3. The standard InChI is InChI=1S/C17H24O2/c1-13-10-11-16(12-14(13)2)17(19)9-7-5-4-6-8-15(3)18/h10-12H,4-9H2,1-3H3. The van der Waals surface area contributed by atoms with Gasteiger partial charge in [-0.15, -0.1) is 0 Å². The number of benzene rings is 1. The smallest absolute Gasteiger partial charge is 0.162 e. The third-order valence-electron chi connectivity index (χ3n) is 3.51. The van der Waals surface area contributed by atoms with Gasteiger partial charge in [0.05, 0.1) is 0 Å². The summed E-state index contributed by atoms with van der Waals surface area (Å²) < 4.78 is 0. The quantitative estimate of drug-likeness (QED) is 0.512. The summed E-state index contributed by atoms with van der Waals surface area (Å²) in [7, 11) is 0. The highest BCUT2D eigenvalue weighted by Crippen LogP contribution is 2.14. The number of aryl methyl sites for hydroxylation is 2. The first-order valence-corrected chi connectivity index (χ1v) is 7.10. The monoisotopic (exact) mass is 260 g/mol. The second-order valence-electron chi connectivity index (χ2n) is 5.34. The van der Waals surface area contributed by atoms with Crippen molar-refractivity contribution in [2.75, 3.05) is 0 Å². The molecule has 0 aliphatic rings. The van der Waals surface area contributed by atoms with Crippen LogP contribution in [0.4, 0.5) is 0 Å². The molecule has 0 N–H and O–H groups in total. The molecular weight excluding hydrogens is 236 g/mol. The molecule has 0 bridgehead atoms. The van der Waals surface area contributed by atoms with Crippen molar-refractivity contribution in [1.29, 1.82) is 0 Å². The fourth-order valence-electron chi connectivity index (χ4n) is 2.07. The fourth-order valence-corrected chi connectivity index (χ4v) is 2.07. The van der Waals surface area contributed by atoms with Gasteiger partial charge in [-0.25, -0.2) is 0 Å². The third-order valence-corrected chi connectivity index (χ3v) is 3.51. The van der Waals surface area contributed by atoms with E-state index < -0.39 is 0 Å². The molecule has 0 spiro atoms. The van der Waals surface area contributed by atoms with E-state index in [9.17, 15) is 9.59 Å². The van der Waals surface area contributed by atoms with Crippen molar-refractivity contribution in [3.05, 3.63) is 34.9 Å². The zero-order chi connectivity index (χ0) is 14.3. The maximum Gasteiger partial charge on any atom is 0.162 e. The lowest BCUT2D eigenvalue weighted by atomic mass is 10.00. The minimum absolute atomic E-state index is 0.231. The molecule has 2 heteroatoms. The van der Waals surface area contributed by atoms with Crippen molar-refractivity contribution in [1.82, 2.24) is 0 Å². The number of unbranched alkanes of at least 4 members (excludes halogenated alkanes) is 3. The molecule has 0 heterocycles. The molecule has 0 amide bonds. The molecule has 1 aromatic carbocycles. The Morgan fingerprint density at radius 1 is 0.895 bits per heavy atom. The van der Waals surface area contributed by atoms with E-state index in [2.05, 4.69) is 6.92 Å². The summed E-state index contributed by atoms with van der Waals surface area (Å²) >= 11 is 0. The van der Waals surface area contributed by atoms with E-state index in [1.54, 1.807) is 6.92 Å². The first kappa shape index (κ1) is 15.6. The van der Waals surface area contributed by atoms with Crippen LogP contribution < -0.4 is 0 Å². The van der Waals surface area contributed by atoms with E-state index in [0.29, 0.717) is 12.8 Å². The summed E-state index contributed by atoms with van der Waals surface area (Å²) in [5, 5.41) is 0. The van der Waals surface area contributed by atoms with Crippen LogP contribution in [0.1, 0.15) is 66.9 Å². The third kappa shape index (κ3) is 5.82. The van der Waals surface area contributed by atoms with Gasteiger partial charge in [-0.2, -0.15) is 0 Å². The molecular formula is C17H24O2. The van der Waals surface area contributed by atoms with E-state index in [1.807, 2.05) is 25.1 Å². The first-order valence-electron chi connectivity index (χ1n) is 7.10. The number of rotatable bonds is 8. The maximum atomic E-state index is 12.0. The SMILES string of the molecule is CC(=O)CCCCCCC(=O)c1ccc(C)c(C)c1. The van der Waals surface area contributed by atoms with Gasteiger partial charge in [0.1, 0.15) is 5.78 Å². The minimum Gasteiger partial charge on any atom is -0.300 e. The van der Waals surface area contributed by atoms with Crippen LogP contribution in [0.3, 0.4) is 0 Å². The molecule has 0 aliphatic heterocycles. The molecule has 0 atom stereocenters. The topological polar surface area (TPSA) is 34.1 Å². The summed E-state index contributed by atoms with van der Waals surface area (Å²) in [6.45, 7) is 5.72. The molecule has 0 aromatic heterocycles. The molecule has 1 aromatic rings. The van der Waals surface area contributed by atoms with E-state index in [0.717, 1.165) is 31.2 Å². The van der Waals surface area contributed by atoms with Crippen LogP contribution in [0.15, 0.2) is 18.2 Å². The molecule has 1 rings (SSSR count). The number of hydrogen-bond donors (Lipinski definition) is 0. The Labute approximate surface area is 116 Å². The number of carbonyl (C=O) groups is 2. The van der Waals surface area contributed by atoms with Gasteiger partial charge in [0.25, 0.3) is 0 Å². The van der Waals surface area contributed by atoms with E-state index in [1.165, 1.54) is 11.1 Å². The van der Waals surface area contributed by atoms with Gasteiger partial charge in [0.15, 0.2) is 5.78 Å². The number of hydrogen-bond acceptors (Lipinski definition) is 2. The molecule has 0 radical (unpaired) electrons. The number of Topliss-reactive ketones (excluding diaryl/α,β-unsaturated/α-hetero) is 2. The van der Waals surface area contributed by atoms with Crippen LogP contribution in [0.5, 0.6) is 0 Å². The minimum atomic E-state index is 0.231. The van der Waals surface area contributed by atoms with Gasteiger partial charge in [-0.1, -0.05) is 25.0 Å². The van der Waals surface area contributed by atoms with Crippen LogP contribution in [-0.4, -0.2) is 11.6 Å². The van der Waals surface area contributed by atoms with Crippen molar-refractivity contribution in [3.8, 4) is 0 Å². The van der Waals surface area contributed by atoms with Crippen LogP contribution in [0.25, 0.3) is 0 Å². The van der Waals surface area contributed by atoms with Gasteiger partial charge >= 0.3 is 0 Å². The Morgan fingerprint density at radius 2 is 1.53 bits per heavy atom. The van der Waals surface area contributed by atoms with Crippen molar-refractivity contribution in [3.63, 3.8) is 0 Å². The zero-order valence-electron chi connectivity index (χ0n) is 12.3. The van der Waals surface area contributed by atoms with Crippen molar-refractivity contribution in [2.24, 2.45) is 0 Å². The molecule has 19 heavy (non-hydrogen) atoms. The summed E-state index contributed by atoms with van der Waals surface area (Å²) in [6.07, 6.45) is 5.23. The average molecular weight is 260 g/mol. The van der Waals surface area contributed by atoms with Crippen LogP contribution in [0, 0.1) is 13.8 Å². The maximum absolute atomic E-state index is 12.0. The second-order valence-corrected chi connectivity index (χ2v) is 5.34. The van der Waals surface area contributed by atoms with Gasteiger partial charge in [0.2, 0.25) is 0 Å². The Morgan fingerprint density at radius 3 is 2.11 bits per heavy atom. The Balaban J connectivity index is 2.27. The highest BCUT2D eigenvalue weighted by Gasteiger charge is 2.06. The van der Waals surface area contributed by atoms with Crippen molar-refractivity contribution in [2.45, 2.75) is 59.3 Å². The Bertz CT molecular complexity index is 447. The fraction of sp³-hybridized carbons (Fsp3) is 0.529. The van der Waals surface area contributed by atoms with E-state index in [4.69, 9.17) is 0 Å². The lowest BCUT2D eigenvalue weighted by molar-refractivity contribution is -0.117. The second kappa shape index (κ2) is 7.88. The summed E-state index contributed by atoms with van der Waals surface area (Å²) in [4.78, 5) is 22.8. The number of carbonyl (C=O) groups excluding carboxylic acids is 2. The van der Waals surface area contributed by atoms with Crippen molar-refractivity contribution < 1.29 is 9.59 Å².